The molecule has 3 atom stereocenters. The lowest BCUT2D eigenvalue weighted by molar-refractivity contribution is -0.00239. The summed E-state index contributed by atoms with van der Waals surface area (Å²) in [5.41, 5.74) is 3.09. The first-order chi connectivity index (χ1) is 21.4. The van der Waals surface area contributed by atoms with E-state index in [0.717, 1.165) is 34.0 Å². The number of carbonyl (C=O) groups excluding carboxylic acids is 2. The Balaban J connectivity index is 1.58. The maximum atomic E-state index is 14.0. The molecule has 248 valence electrons. The predicted molar refractivity (Wildman–Crippen MR) is 190 cm³/mol. The maximum Gasteiger partial charge on any atom is 0.410 e. The van der Waals surface area contributed by atoms with Crippen molar-refractivity contribution >= 4 is 36.2 Å². The van der Waals surface area contributed by atoms with Crippen LogP contribution in [0, 0.1) is 0 Å². The molecule has 1 aliphatic heterocycles. The van der Waals surface area contributed by atoms with Crippen LogP contribution in [0.25, 0.3) is 0 Å². The van der Waals surface area contributed by atoms with Crippen molar-refractivity contribution in [1.82, 2.24) is 14.8 Å². The number of carbonyl (C=O) groups is 2. The molecule has 1 saturated heterocycles. The Kier molecular flexibility index (Phi) is 11.2. The van der Waals surface area contributed by atoms with Gasteiger partial charge in [-0.3, -0.25) is 14.7 Å². The lowest BCUT2D eigenvalue weighted by Gasteiger charge is -2.43. The highest BCUT2D eigenvalue weighted by molar-refractivity contribution is 9.10. The molecule has 0 unspecified atom stereocenters. The minimum Gasteiger partial charge on any atom is -0.444 e. The van der Waals surface area contributed by atoms with Crippen molar-refractivity contribution in [2.45, 2.75) is 109 Å². The van der Waals surface area contributed by atoms with Crippen molar-refractivity contribution < 1.29 is 18.8 Å². The number of amides is 2. The Hall–Kier alpha value is -3.01. The van der Waals surface area contributed by atoms with E-state index in [1.165, 1.54) is 0 Å². The number of likely N-dealkylation sites (tertiary alicyclic amines) is 1. The standard InChI is InChI=1S/C37H50BrN3O4Si/c1-36(2,3)44-35(43)41-31(19-20-32(41)33(28-13-11-10-12-14-28)45-46(8,9)37(4,5)6)22-26-15-17-29(18-16-26)34(42)40(7)25-27-21-30(38)24-39-23-27/h10-18,21,23-24,31-33H,19-20,22,25H2,1-9H3/t31-,32+,33+/m0/s1. The number of nitrogens with zero attached hydrogens (tertiary/aromatic N) is 3. The number of hydrogen-bond donors (Lipinski definition) is 0. The fourth-order valence-electron chi connectivity index (χ4n) is 5.68. The van der Waals surface area contributed by atoms with E-state index < -0.39 is 13.9 Å². The van der Waals surface area contributed by atoms with Gasteiger partial charge in [-0.1, -0.05) is 63.2 Å². The van der Waals surface area contributed by atoms with E-state index in [1.807, 2.05) is 74.2 Å². The minimum absolute atomic E-state index is 0.0108. The molecule has 3 aromatic rings. The largest absolute Gasteiger partial charge is 0.444 e. The third-order valence-corrected chi connectivity index (χ3v) is 13.9. The van der Waals surface area contributed by atoms with Gasteiger partial charge >= 0.3 is 6.09 Å². The normalized spacial score (nSPS) is 17.9. The minimum atomic E-state index is -2.20. The van der Waals surface area contributed by atoms with Crippen LogP contribution < -0.4 is 0 Å². The lowest BCUT2D eigenvalue weighted by Crippen LogP contribution is -2.50. The Morgan fingerprint density at radius 3 is 2.22 bits per heavy atom. The van der Waals surface area contributed by atoms with Gasteiger partial charge in [-0.15, -0.1) is 0 Å². The summed E-state index contributed by atoms with van der Waals surface area (Å²) < 4.78 is 14.0. The zero-order valence-corrected chi connectivity index (χ0v) is 31.4. The molecule has 2 heterocycles. The van der Waals surface area contributed by atoms with Crippen LogP contribution in [-0.4, -0.2) is 59.8 Å². The predicted octanol–water partition coefficient (Wildman–Crippen LogP) is 9.19. The Labute approximate surface area is 284 Å². The van der Waals surface area contributed by atoms with E-state index in [-0.39, 0.29) is 35.2 Å². The highest BCUT2D eigenvalue weighted by atomic mass is 79.9. The van der Waals surface area contributed by atoms with E-state index in [2.05, 4.69) is 66.9 Å². The monoisotopic (exact) mass is 707 g/mol. The summed E-state index contributed by atoms with van der Waals surface area (Å²) in [6.07, 6.45) is 5.21. The van der Waals surface area contributed by atoms with Gasteiger partial charge in [0, 0.05) is 42.1 Å². The second-order valence-corrected chi connectivity index (χ2v) is 20.6. The van der Waals surface area contributed by atoms with Crippen LogP contribution in [0.3, 0.4) is 0 Å². The fourth-order valence-corrected chi connectivity index (χ4v) is 7.37. The van der Waals surface area contributed by atoms with Crippen LogP contribution in [0.2, 0.25) is 18.1 Å². The van der Waals surface area contributed by atoms with Crippen molar-refractivity contribution in [3.63, 3.8) is 0 Å². The molecule has 0 bridgehead atoms. The van der Waals surface area contributed by atoms with E-state index in [0.29, 0.717) is 18.5 Å². The number of ether oxygens (including phenoxy) is 1. The Bertz CT molecular complexity index is 1480. The quantitative estimate of drug-likeness (QED) is 0.207. The summed E-state index contributed by atoms with van der Waals surface area (Å²) in [7, 11) is -0.405. The molecule has 0 N–H and O–H groups in total. The topological polar surface area (TPSA) is 72.0 Å². The molecule has 1 aliphatic rings. The molecule has 0 aliphatic carbocycles. The van der Waals surface area contributed by atoms with Crippen LogP contribution in [0.15, 0.2) is 77.5 Å². The van der Waals surface area contributed by atoms with E-state index in [9.17, 15) is 9.59 Å². The van der Waals surface area contributed by atoms with Gasteiger partial charge in [0.1, 0.15) is 5.60 Å². The van der Waals surface area contributed by atoms with Gasteiger partial charge in [0.05, 0.1) is 12.1 Å². The number of benzene rings is 2. The number of hydrogen-bond acceptors (Lipinski definition) is 5. The van der Waals surface area contributed by atoms with Crippen molar-refractivity contribution in [1.29, 1.82) is 0 Å². The number of halogens is 1. The van der Waals surface area contributed by atoms with Crippen molar-refractivity contribution in [2.24, 2.45) is 0 Å². The zero-order chi connectivity index (χ0) is 33.9. The molecule has 1 fully saturated rings. The number of pyridine rings is 1. The van der Waals surface area contributed by atoms with Crippen molar-refractivity contribution in [2.75, 3.05) is 7.05 Å². The molecule has 0 spiro atoms. The van der Waals surface area contributed by atoms with Gasteiger partial charge in [0.25, 0.3) is 5.91 Å². The Morgan fingerprint density at radius 1 is 0.978 bits per heavy atom. The van der Waals surface area contributed by atoms with Gasteiger partial charge in [-0.25, -0.2) is 4.79 Å². The molecule has 4 rings (SSSR count). The fraction of sp³-hybridized carbons (Fsp3) is 0.486. The highest BCUT2D eigenvalue weighted by Crippen LogP contribution is 2.44. The highest BCUT2D eigenvalue weighted by Gasteiger charge is 2.47. The zero-order valence-electron chi connectivity index (χ0n) is 28.8. The molecule has 1 aromatic heterocycles. The molecular weight excluding hydrogens is 658 g/mol. The van der Waals surface area contributed by atoms with Crippen molar-refractivity contribution in [3.8, 4) is 0 Å². The average molecular weight is 709 g/mol. The summed E-state index contributed by atoms with van der Waals surface area (Å²) >= 11 is 3.44. The van der Waals surface area contributed by atoms with Crippen LogP contribution in [-0.2, 0) is 22.1 Å². The summed E-state index contributed by atoms with van der Waals surface area (Å²) in [4.78, 5) is 35.0. The van der Waals surface area contributed by atoms with E-state index in [1.54, 1.807) is 24.3 Å². The number of aromatic nitrogens is 1. The van der Waals surface area contributed by atoms with Crippen LogP contribution in [0.4, 0.5) is 4.79 Å². The van der Waals surface area contributed by atoms with E-state index >= 15 is 0 Å². The van der Waals surface area contributed by atoms with Gasteiger partial charge in [0.2, 0.25) is 0 Å². The molecule has 2 amide bonds. The van der Waals surface area contributed by atoms with Crippen LogP contribution >= 0.6 is 15.9 Å². The van der Waals surface area contributed by atoms with Gasteiger partial charge in [0.15, 0.2) is 8.32 Å². The first kappa shape index (κ1) is 35.8. The lowest BCUT2D eigenvalue weighted by atomic mass is 10.0. The first-order valence-electron chi connectivity index (χ1n) is 16.1. The summed E-state index contributed by atoms with van der Waals surface area (Å²) in [5.74, 6) is -0.0590. The SMILES string of the molecule is CN(Cc1cncc(Br)c1)C(=O)c1ccc(C[C@@H]2CC[C@H]([C@H](O[Si](C)(C)C(C)(C)C)c3ccccc3)N2C(=O)OC(C)(C)C)cc1. The molecule has 9 heteroatoms. The Morgan fingerprint density at radius 2 is 1.63 bits per heavy atom. The van der Waals surface area contributed by atoms with Gasteiger partial charge in [-0.2, -0.15) is 0 Å². The summed E-state index contributed by atoms with van der Waals surface area (Å²) in [5, 5.41) is 0.0108. The summed E-state index contributed by atoms with van der Waals surface area (Å²) in [6.45, 7) is 17.5. The summed E-state index contributed by atoms with van der Waals surface area (Å²) in [6, 6.07) is 19.8. The average Bonchev–Trinajstić information content (AvgIpc) is 3.38. The second-order valence-electron chi connectivity index (χ2n) is 15.0. The van der Waals surface area contributed by atoms with E-state index in [4.69, 9.17) is 9.16 Å². The van der Waals surface area contributed by atoms with Crippen molar-refractivity contribution in [3.05, 3.63) is 99.8 Å². The molecule has 0 saturated carbocycles. The smallest absolute Gasteiger partial charge is 0.410 e. The van der Waals surface area contributed by atoms with Crippen LogP contribution in [0.5, 0.6) is 0 Å². The van der Waals surface area contributed by atoms with Gasteiger partial charge < -0.3 is 14.1 Å². The maximum absolute atomic E-state index is 14.0. The number of rotatable bonds is 9. The first-order valence-corrected chi connectivity index (χ1v) is 19.8. The molecule has 46 heavy (non-hydrogen) atoms. The molecule has 0 radical (unpaired) electrons. The molecular formula is C37H50BrN3O4Si. The third-order valence-electron chi connectivity index (χ3n) is 9.06. The van der Waals surface area contributed by atoms with Gasteiger partial charge in [-0.05, 0) is 109 Å². The third kappa shape index (κ3) is 9.07. The second kappa shape index (κ2) is 14.4. The molecule has 2 aromatic carbocycles. The van der Waals surface area contributed by atoms with Crippen LogP contribution in [0.1, 0.15) is 87.5 Å². The molecule has 7 nitrogen and oxygen atoms in total.